The number of carbonyl (C=O) groups excluding carboxylic acids is 4. The summed E-state index contributed by atoms with van der Waals surface area (Å²) in [6.07, 6.45) is -0.736. The molecular formula is C25H39N3O6. The largest absolute Gasteiger partial charge is 0.468 e. The molecule has 2 atom stereocenters. The van der Waals surface area contributed by atoms with E-state index in [-0.39, 0.29) is 6.54 Å². The Labute approximate surface area is 202 Å². The Morgan fingerprint density at radius 3 is 2.12 bits per heavy atom. The number of hydrogen-bond donors (Lipinski definition) is 2. The van der Waals surface area contributed by atoms with E-state index in [0.29, 0.717) is 5.56 Å². The van der Waals surface area contributed by atoms with Crippen LogP contribution in [0.1, 0.15) is 71.2 Å². The standard InChI is InChI=1S/C25H39N3O6/c1-15-11-12-16(2)18(13-15)20(21(30)26-14-19(29)33-10)28(24(4,5)6)22(31)17(3)27-23(32)34-25(7,8)9/h11-13,17,20H,14H2,1-10H3,(H,26,30)(H,27,32). The van der Waals surface area contributed by atoms with Crippen LogP contribution in [0.15, 0.2) is 18.2 Å². The maximum Gasteiger partial charge on any atom is 0.408 e. The van der Waals surface area contributed by atoms with E-state index < -0.39 is 47.1 Å². The summed E-state index contributed by atoms with van der Waals surface area (Å²) < 4.78 is 9.91. The molecule has 34 heavy (non-hydrogen) atoms. The zero-order chi connectivity index (χ0) is 26.4. The zero-order valence-electron chi connectivity index (χ0n) is 22.0. The van der Waals surface area contributed by atoms with Crippen LogP contribution in [-0.4, -0.2) is 59.6 Å². The number of hydrogen-bond acceptors (Lipinski definition) is 6. The molecule has 0 aliphatic carbocycles. The van der Waals surface area contributed by atoms with Gasteiger partial charge in [-0.15, -0.1) is 0 Å². The van der Waals surface area contributed by atoms with Gasteiger partial charge < -0.3 is 25.0 Å². The molecular weight excluding hydrogens is 438 g/mol. The van der Waals surface area contributed by atoms with Gasteiger partial charge in [0.1, 0.15) is 24.2 Å². The molecule has 0 radical (unpaired) electrons. The van der Waals surface area contributed by atoms with Gasteiger partial charge in [-0.25, -0.2) is 4.79 Å². The summed E-state index contributed by atoms with van der Waals surface area (Å²) in [5.74, 6) is -1.62. The number of alkyl carbamates (subject to hydrolysis) is 1. The van der Waals surface area contributed by atoms with E-state index in [0.717, 1.165) is 11.1 Å². The molecule has 0 aromatic heterocycles. The summed E-state index contributed by atoms with van der Waals surface area (Å²) >= 11 is 0. The zero-order valence-corrected chi connectivity index (χ0v) is 22.0. The lowest BCUT2D eigenvalue weighted by molar-refractivity contribution is -0.149. The van der Waals surface area contributed by atoms with Crippen LogP contribution in [0.25, 0.3) is 0 Å². The first-order valence-corrected chi connectivity index (χ1v) is 11.2. The van der Waals surface area contributed by atoms with Crippen LogP contribution < -0.4 is 10.6 Å². The Bertz CT molecular complexity index is 914. The minimum atomic E-state index is -1.06. The van der Waals surface area contributed by atoms with E-state index in [1.165, 1.54) is 18.9 Å². The molecule has 0 saturated heterocycles. The van der Waals surface area contributed by atoms with Crippen LogP contribution in [0.5, 0.6) is 0 Å². The fourth-order valence-corrected chi connectivity index (χ4v) is 3.38. The molecule has 1 aromatic rings. The second-order valence-electron chi connectivity index (χ2n) is 10.3. The molecule has 0 bridgehead atoms. The number of amides is 3. The van der Waals surface area contributed by atoms with Crippen molar-refractivity contribution in [3.05, 3.63) is 34.9 Å². The Balaban J connectivity index is 3.47. The van der Waals surface area contributed by atoms with E-state index in [1.807, 2.05) is 32.0 Å². The average molecular weight is 478 g/mol. The maximum atomic E-state index is 13.7. The third kappa shape index (κ3) is 8.35. The number of methoxy groups -OCH3 is 1. The number of ether oxygens (including phenoxy) is 2. The van der Waals surface area contributed by atoms with Gasteiger partial charge in [0, 0.05) is 5.54 Å². The summed E-state index contributed by atoms with van der Waals surface area (Å²) in [4.78, 5) is 52.5. The molecule has 1 rings (SSSR count). The Hall–Kier alpha value is -3.10. The molecule has 0 spiro atoms. The van der Waals surface area contributed by atoms with Crippen molar-refractivity contribution in [3.63, 3.8) is 0 Å². The normalized spacial score (nSPS) is 13.4. The predicted molar refractivity (Wildman–Crippen MR) is 129 cm³/mol. The molecule has 3 amide bonds. The van der Waals surface area contributed by atoms with Gasteiger partial charge in [0.15, 0.2) is 0 Å². The predicted octanol–water partition coefficient (Wildman–Crippen LogP) is 3.17. The number of benzene rings is 1. The van der Waals surface area contributed by atoms with Crippen LogP contribution in [0.3, 0.4) is 0 Å². The highest BCUT2D eigenvalue weighted by atomic mass is 16.6. The first kappa shape index (κ1) is 28.9. The Morgan fingerprint density at radius 2 is 1.62 bits per heavy atom. The van der Waals surface area contributed by atoms with Crippen molar-refractivity contribution in [2.75, 3.05) is 13.7 Å². The molecule has 0 fully saturated rings. The highest BCUT2D eigenvalue weighted by molar-refractivity contribution is 5.93. The van der Waals surface area contributed by atoms with Crippen LogP contribution >= 0.6 is 0 Å². The van der Waals surface area contributed by atoms with Crippen molar-refractivity contribution in [1.29, 1.82) is 0 Å². The van der Waals surface area contributed by atoms with E-state index in [1.54, 1.807) is 41.5 Å². The highest BCUT2D eigenvalue weighted by Crippen LogP contribution is 2.32. The van der Waals surface area contributed by atoms with Crippen molar-refractivity contribution in [1.82, 2.24) is 15.5 Å². The molecule has 0 heterocycles. The number of rotatable bonds is 7. The monoisotopic (exact) mass is 477 g/mol. The molecule has 9 nitrogen and oxygen atoms in total. The lowest BCUT2D eigenvalue weighted by Gasteiger charge is -2.43. The van der Waals surface area contributed by atoms with Gasteiger partial charge in [0.05, 0.1) is 7.11 Å². The third-order valence-electron chi connectivity index (χ3n) is 4.93. The van der Waals surface area contributed by atoms with Crippen LogP contribution in [0, 0.1) is 13.8 Å². The topological polar surface area (TPSA) is 114 Å². The maximum absolute atomic E-state index is 13.7. The summed E-state index contributed by atoms with van der Waals surface area (Å²) in [5.41, 5.74) is 0.789. The molecule has 2 unspecified atom stereocenters. The molecule has 0 aliphatic heterocycles. The number of nitrogens with one attached hydrogen (secondary N) is 2. The van der Waals surface area contributed by atoms with E-state index >= 15 is 0 Å². The van der Waals surface area contributed by atoms with E-state index in [2.05, 4.69) is 15.4 Å². The average Bonchev–Trinajstić information content (AvgIpc) is 2.68. The molecule has 0 aliphatic rings. The summed E-state index contributed by atoms with van der Waals surface area (Å²) in [6, 6.07) is 3.60. The molecule has 1 aromatic carbocycles. The first-order chi connectivity index (χ1) is 15.5. The van der Waals surface area contributed by atoms with Crippen molar-refractivity contribution in [3.8, 4) is 0 Å². The molecule has 9 heteroatoms. The fraction of sp³-hybridized carbons (Fsp3) is 0.600. The number of carbonyl (C=O) groups is 4. The molecule has 190 valence electrons. The number of esters is 1. The fourth-order valence-electron chi connectivity index (χ4n) is 3.38. The highest BCUT2D eigenvalue weighted by Gasteiger charge is 2.41. The second-order valence-corrected chi connectivity index (χ2v) is 10.3. The van der Waals surface area contributed by atoms with E-state index in [4.69, 9.17) is 4.74 Å². The van der Waals surface area contributed by atoms with Crippen LogP contribution in [0.2, 0.25) is 0 Å². The van der Waals surface area contributed by atoms with Crippen molar-refractivity contribution >= 4 is 23.9 Å². The molecule has 0 saturated carbocycles. The minimum Gasteiger partial charge on any atom is -0.468 e. The first-order valence-electron chi connectivity index (χ1n) is 11.2. The smallest absolute Gasteiger partial charge is 0.408 e. The Morgan fingerprint density at radius 1 is 1.03 bits per heavy atom. The van der Waals surface area contributed by atoms with Gasteiger partial charge in [-0.05, 0) is 73.4 Å². The number of aryl methyl sites for hydroxylation is 2. The SMILES string of the molecule is COC(=O)CNC(=O)C(c1cc(C)ccc1C)N(C(=O)C(C)NC(=O)OC(C)(C)C)C(C)(C)C. The summed E-state index contributed by atoms with van der Waals surface area (Å²) in [7, 11) is 1.23. The van der Waals surface area contributed by atoms with Gasteiger partial charge in [0.25, 0.3) is 0 Å². The lowest BCUT2D eigenvalue weighted by atomic mass is 9.92. The van der Waals surface area contributed by atoms with Crippen LogP contribution in [-0.2, 0) is 23.9 Å². The van der Waals surface area contributed by atoms with E-state index in [9.17, 15) is 19.2 Å². The Kier molecular flexibility index (Phi) is 9.66. The van der Waals surface area contributed by atoms with Crippen molar-refractivity contribution in [2.24, 2.45) is 0 Å². The van der Waals surface area contributed by atoms with Crippen molar-refractivity contribution < 1.29 is 28.7 Å². The third-order valence-corrected chi connectivity index (χ3v) is 4.93. The molecule has 2 N–H and O–H groups in total. The second kappa shape index (κ2) is 11.4. The van der Waals surface area contributed by atoms with Crippen molar-refractivity contribution in [2.45, 2.75) is 85.5 Å². The quantitative estimate of drug-likeness (QED) is 0.583. The summed E-state index contributed by atoms with van der Waals surface area (Å²) in [6.45, 7) is 15.5. The summed E-state index contributed by atoms with van der Waals surface area (Å²) in [5, 5.41) is 5.14. The van der Waals surface area contributed by atoms with Gasteiger partial charge in [-0.1, -0.05) is 23.8 Å². The number of nitrogens with zero attached hydrogens (tertiary/aromatic N) is 1. The lowest BCUT2D eigenvalue weighted by Crippen LogP contribution is -2.58. The van der Waals surface area contributed by atoms with Gasteiger partial charge in [0.2, 0.25) is 11.8 Å². The van der Waals surface area contributed by atoms with Gasteiger partial charge >= 0.3 is 12.1 Å². The van der Waals surface area contributed by atoms with Gasteiger partial charge in [-0.2, -0.15) is 0 Å². The van der Waals surface area contributed by atoms with Gasteiger partial charge in [-0.3, -0.25) is 14.4 Å². The van der Waals surface area contributed by atoms with Crippen LogP contribution in [0.4, 0.5) is 4.79 Å². The minimum absolute atomic E-state index is 0.339.